The van der Waals surface area contributed by atoms with Crippen molar-refractivity contribution in [1.82, 2.24) is 5.32 Å². The number of carboxylic acids is 1. The van der Waals surface area contributed by atoms with Crippen LogP contribution in [0, 0.1) is 29.1 Å². The smallest absolute Gasteiger partial charge is 0.305 e. The topological polar surface area (TPSA) is 66.4 Å². The van der Waals surface area contributed by atoms with E-state index >= 15 is 0 Å². The molecule has 0 aliphatic rings. The molecule has 1 aromatic rings. The molecule has 0 spiro atoms. The van der Waals surface area contributed by atoms with E-state index < -0.39 is 59.5 Å². The van der Waals surface area contributed by atoms with Gasteiger partial charge in [-0.3, -0.25) is 9.59 Å². The van der Waals surface area contributed by atoms with Crippen molar-refractivity contribution in [3.63, 3.8) is 0 Å². The van der Waals surface area contributed by atoms with E-state index in [-0.39, 0.29) is 0 Å². The van der Waals surface area contributed by atoms with Crippen LogP contribution >= 0.6 is 0 Å². The molecular formula is C10H6F5NO3. The number of amides is 1. The van der Waals surface area contributed by atoms with Gasteiger partial charge in [-0.2, -0.15) is 0 Å². The van der Waals surface area contributed by atoms with Crippen LogP contribution in [0.3, 0.4) is 0 Å². The molecule has 0 atom stereocenters. The SMILES string of the molecule is O=C(O)CCNC(=O)c1c(F)c(F)c(F)c(F)c1F. The van der Waals surface area contributed by atoms with Crippen molar-refractivity contribution < 1.29 is 36.6 Å². The van der Waals surface area contributed by atoms with Crippen molar-refractivity contribution >= 4 is 11.9 Å². The second-order valence-corrected chi connectivity index (χ2v) is 3.34. The largest absolute Gasteiger partial charge is 0.481 e. The number of hydrogen-bond acceptors (Lipinski definition) is 2. The Kier molecular flexibility index (Phi) is 4.41. The number of hydrogen-bond donors (Lipinski definition) is 2. The van der Waals surface area contributed by atoms with E-state index in [0.29, 0.717) is 0 Å². The van der Waals surface area contributed by atoms with Gasteiger partial charge in [0, 0.05) is 6.54 Å². The van der Waals surface area contributed by atoms with E-state index in [1.165, 1.54) is 0 Å². The molecule has 1 aromatic carbocycles. The molecule has 0 saturated carbocycles. The Morgan fingerprint density at radius 2 is 1.32 bits per heavy atom. The van der Waals surface area contributed by atoms with Crippen LogP contribution in [0.5, 0.6) is 0 Å². The predicted molar refractivity (Wildman–Crippen MR) is 50.8 cm³/mol. The molecular weight excluding hydrogens is 277 g/mol. The number of rotatable bonds is 4. The average molecular weight is 283 g/mol. The van der Waals surface area contributed by atoms with Gasteiger partial charge in [0.15, 0.2) is 23.3 Å². The summed E-state index contributed by atoms with van der Waals surface area (Å²) >= 11 is 0. The summed E-state index contributed by atoms with van der Waals surface area (Å²) in [5, 5.41) is 9.99. The summed E-state index contributed by atoms with van der Waals surface area (Å²) in [5.74, 6) is -14.3. The molecule has 0 fully saturated rings. The minimum atomic E-state index is -2.38. The standard InChI is InChI=1S/C10H6F5NO3/c11-5-4(10(19)16-2-1-3(17)18)6(12)8(14)9(15)7(5)13/h1-2H2,(H,16,19)(H,17,18). The summed E-state index contributed by atoms with van der Waals surface area (Å²) in [4.78, 5) is 21.4. The van der Waals surface area contributed by atoms with Gasteiger partial charge in [-0.05, 0) is 0 Å². The van der Waals surface area contributed by atoms with Gasteiger partial charge in [0.25, 0.3) is 5.91 Å². The summed E-state index contributed by atoms with van der Waals surface area (Å²) in [6.07, 6.45) is -0.568. The third-order valence-electron chi connectivity index (χ3n) is 2.06. The molecule has 0 bridgehead atoms. The van der Waals surface area contributed by atoms with Crippen LogP contribution in [0.15, 0.2) is 0 Å². The maximum atomic E-state index is 13.1. The van der Waals surface area contributed by atoms with Crippen molar-refractivity contribution in [2.24, 2.45) is 0 Å². The first-order valence-corrected chi connectivity index (χ1v) is 4.78. The van der Waals surface area contributed by atoms with E-state index in [1.54, 1.807) is 5.32 Å². The number of benzene rings is 1. The number of halogens is 5. The van der Waals surface area contributed by atoms with Gasteiger partial charge in [-0.25, -0.2) is 22.0 Å². The second-order valence-electron chi connectivity index (χ2n) is 3.34. The predicted octanol–water partition coefficient (Wildman–Crippen LogP) is 1.59. The van der Waals surface area contributed by atoms with Crippen LogP contribution in [-0.4, -0.2) is 23.5 Å². The molecule has 9 heteroatoms. The van der Waals surface area contributed by atoms with Gasteiger partial charge in [0.05, 0.1) is 6.42 Å². The second kappa shape index (κ2) is 5.63. The average Bonchev–Trinajstić information content (AvgIpc) is 2.34. The molecule has 0 unspecified atom stereocenters. The Labute approximate surface area is 102 Å². The van der Waals surface area contributed by atoms with Gasteiger partial charge in [-0.1, -0.05) is 0 Å². The van der Waals surface area contributed by atoms with Crippen molar-refractivity contribution in [2.75, 3.05) is 6.54 Å². The number of carboxylic acid groups (broad SMARTS) is 1. The van der Waals surface area contributed by atoms with E-state index in [0.717, 1.165) is 0 Å². The Morgan fingerprint density at radius 3 is 1.74 bits per heavy atom. The number of nitrogens with one attached hydrogen (secondary N) is 1. The number of carbonyl (C=O) groups is 2. The van der Waals surface area contributed by atoms with Gasteiger partial charge in [-0.15, -0.1) is 0 Å². The van der Waals surface area contributed by atoms with Gasteiger partial charge >= 0.3 is 5.97 Å². The third-order valence-corrected chi connectivity index (χ3v) is 2.06. The molecule has 0 saturated heterocycles. The molecule has 4 nitrogen and oxygen atoms in total. The maximum Gasteiger partial charge on any atom is 0.305 e. The van der Waals surface area contributed by atoms with Crippen molar-refractivity contribution in [2.45, 2.75) is 6.42 Å². The summed E-state index contributed by atoms with van der Waals surface area (Å²) in [7, 11) is 0. The Balaban J connectivity index is 3.07. The first-order valence-electron chi connectivity index (χ1n) is 4.78. The van der Waals surface area contributed by atoms with Crippen LogP contribution in [0.1, 0.15) is 16.8 Å². The zero-order valence-electron chi connectivity index (χ0n) is 9.07. The van der Waals surface area contributed by atoms with E-state index in [1.807, 2.05) is 0 Å². The highest BCUT2D eigenvalue weighted by Gasteiger charge is 2.29. The highest BCUT2D eigenvalue weighted by atomic mass is 19.2. The fraction of sp³-hybridized carbons (Fsp3) is 0.200. The first-order chi connectivity index (χ1) is 8.77. The quantitative estimate of drug-likeness (QED) is 0.501. The van der Waals surface area contributed by atoms with E-state index in [9.17, 15) is 31.5 Å². The van der Waals surface area contributed by atoms with Crippen LogP contribution in [-0.2, 0) is 4.79 Å². The monoisotopic (exact) mass is 283 g/mol. The van der Waals surface area contributed by atoms with Gasteiger partial charge in [0.1, 0.15) is 5.56 Å². The lowest BCUT2D eigenvalue weighted by Crippen LogP contribution is -2.29. The van der Waals surface area contributed by atoms with Crippen LogP contribution in [0.25, 0.3) is 0 Å². The lowest BCUT2D eigenvalue weighted by atomic mass is 10.1. The van der Waals surface area contributed by atoms with Crippen LogP contribution < -0.4 is 5.32 Å². The van der Waals surface area contributed by atoms with Crippen molar-refractivity contribution in [1.29, 1.82) is 0 Å². The van der Waals surface area contributed by atoms with Gasteiger partial charge in [0.2, 0.25) is 5.82 Å². The van der Waals surface area contributed by atoms with E-state index in [4.69, 9.17) is 5.11 Å². The minimum Gasteiger partial charge on any atom is -0.481 e. The highest BCUT2D eigenvalue weighted by molar-refractivity contribution is 5.95. The maximum absolute atomic E-state index is 13.1. The third kappa shape index (κ3) is 2.98. The minimum absolute atomic E-state index is 0.520. The molecule has 104 valence electrons. The summed E-state index contributed by atoms with van der Waals surface area (Å²) < 4.78 is 64.5. The van der Waals surface area contributed by atoms with E-state index in [2.05, 4.69) is 0 Å². The zero-order chi connectivity index (χ0) is 14.7. The van der Waals surface area contributed by atoms with Gasteiger partial charge < -0.3 is 10.4 Å². The zero-order valence-corrected chi connectivity index (χ0v) is 9.07. The molecule has 1 rings (SSSR count). The van der Waals surface area contributed by atoms with Crippen LogP contribution in [0.4, 0.5) is 22.0 Å². The van der Waals surface area contributed by atoms with Crippen molar-refractivity contribution in [3.8, 4) is 0 Å². The first kappa shape index (κ1) is 14.9. The molecule has 19 heavy (non-hydrogen) atoms. The fourth-order valence-corrected chi connectivity index (χ4v) is 1.18. The molecule has 0 aromatic heterocycles. The van der Waals surface area contributed by atoms with Crippen molar-refractivity contribution in [3.05, 3.63) is 34.6 Å². The molecule has 0 radical (unpaired) electrons. The molecule has 1 amide bonds. The lowest BCUT2D eigenvalue weighted by Gasteiger charge is -2.08. The molecule has 0 aliphatic carbocycles. The Bertz CT molecular complexity index is 517. The fourth-order valence-electron chi connectivity index (χ4n) is 1.18. The Morgan fingerprint density at radius 1 is 0.895 bits per heavy atom. The summed E-state index contributed by atoms with van der Waals surface area (Å²) in [6.45, 7) is -0.520. The molecule has 0 aliphatic heterocycles. The molecule has 0 heterocycles. The van der Waals surface area contributed by atoms with Crippen LogP contribution in [0.2, 0.25) is 0 Å². The Hall–Kier alpha value is -2.19. The number of aliphatic carboxylic acids is 1. The normalized spacial score (nSPS) is 10.4. The highest BCUT2D eigenvalue weighted by Crippen LogP contribution is 2.22. The summed E-state index contributed by atoms with van der Waals surface area (Å²) in [5.41, 5.74) is -1.65. The lowest BCUT2D eigenvalue weighted by molar-refractivity contribution is -0.136. The summed E-state index contributed by atoms with van der Waals surface area (Å²) in [6, 6.07) is 0. The molecule has 2 N–H and O–H groups in total. The number of carbonyl (C=O) groups excluding carboxylic acids is 1.